The SMILES string of the molecule is CN(Cc1ccc(C#N)cc1)C(=O)CN1C(=O)CSc2ccccc21. The molecule has 0 N–H and O–H groups in total. The van der Waals surface area contributed by atoms with Gasteiger partial charge in [-0.1, -0.05) is 24.3 Å². The third kappa shape index (κ3) is 3.83. The van der Waals surface area contributed by atoms with Crippen molar-refractivity contribution in [3.63, 3.8) is 0 Å². The zero-order valence-corrected chi connectivity index (χ0v) is 14.6. The Morgan fingerprint density at radius 2 is 1.96 bits per heavy atom. The van der Waals surface area contributed by atoms with Gasteiger partial charge < -0.3 is 9.80 Å². The fraction of sp³-hybridized carbons (Fsp3) is 0.211. The van der Waals surface area contributed by atoms with Crippen molar-refractivity contribution in [1.29, 1.82) is 5.26 Å². The highest BCUT2D eigenvalue weighted by molar-refractivity contribution is 8.00. The molecule has 0 spiro atoms. The Hall–Kier alpha value is -2.78. The smallest absolute Gasteiger partial charge is 0.242 e. The van der Waals surface area contributed by atoms with E-state index >= 15 is 0 Å². The third-order valence-electron chi connectivity index (χ3n) is 4.03. The highest BCUT2D eigenvalue weighted by Gasteiger charge is 2.27. The lowest BCUT2D eigenvalue weighted by Gasteiger charge is -2.30. The first-order valence-corrected chi connectivity index (χ1v) is 8.82. The normalized spacial score (nSPS) is 13.1. The molecule has 2 aromatic rings. The van der Waals surface area contributed by atoms with E-state index in [0.717, 1.165) is 16.1 Å². The van der Waals surface area contributed by atoms with Crippen LogP contribution in [0.15, 0.2) is 53.4 Å². The van der Waals surface area contributed by atoms with E-state index in [1.807, 2.05) is 36.4 Å². The summed E-state index contributed by atoms with van der Waals surface area (Å²) < 4.78 is 0. The van der Waals surface area contributed by atoms with Crippen LogP contribution in [0.1, 0.15) is 11.1 Å². The van der Waals surface area contributed by atoms with E-state index in [0.29, 0.717) is 17.9 Å². The summed E-state index contributed by atoms with van der Waals surface area (Å²) in [5.41, 5.74) is 2.32. The first-order valence-electron chi connectivity index (χ1n) is 7.83. The monoisotopic (exact) mass is 351 g/mol. The number of nitriles is 1. The Morgan fingerprint density at radius 1 is 1.24 bits per heavy atom. The molecular weight excluding hydrogens is 334 g/mol. The van der Waals surface area contributed by atoms with Crippen LogP contribution >= 0.6 is 11.8 Å². The molecule has 3 rings (SSSR count). The van der Waals surface area contributed by atoms with Crippen molar-refractivity contribution in [2.24, 2.45) is 0 Å². The second kappa shape index (κ2) is 7.41. The molecular formula is C19H17N3O2S. The minimum atomic E-state index is -0.126. The lowest BCUT2D eigenvalue weighted by molar-refractivity contribution is -0.130. The van der Waals surface area contributed by atoms with Crippen LogP contribution in [0.2, 0.25) is 0 Å². The maximum absolute atomic E-state index is 12.6. The van der Waals surface area contributed by atoms with Gasteiger partial charge >= 0.3 is 0 Å². The van der Waals surface area contributed by atoms with Crippen LogP contribution in [0.4, 0.5) is 5.69 Å². The van der Waals surface area contributed by atoms with Crippen LogP contribution in [0.3, 0.4) is 0 Å². The Labute approximate surface area is 150 Å². The Bertz CT molecular complexity index is 842. The van der Waals surface area contributed by atoms with E-state index in [4.69, 9.17) is 5.26 Å². The quantitative estimate of drug-likeness (QED) is 0.849. The van der Waals surface area contributed by atoms with Gasteiger partial charge in [-0.15, -0.1) is 11.8 Å². The second-order valence-corrected chi connectivity index (χ2v) is 6.81. The van der Waals surface area contributed by atoms with Gasteiger partial charge in [-0.2, -0.15) is 5.26 Å². The zero-order chi connectivity index (χ0) is 17.8. The molecule has 6 heteroatoms. The minimum Gasteiger partial charge on any atom is -0.340 e. The number of nitrogens with zero attached hydrogens (tertiary/aromatic N) is 3. The second-order valence-electron chi connectivity index (χ2n) is 5.79. The topological polar surface area (TPSA) is 64.4 Å². The van der Waals surface area contributed by atoms with Gasteiger partial charge in [0.05, 0.1) is 23.1 Å². The van der Waals surface area contributed by atoms with Crippen LogP contribution in [-0.4, -0.2) is 36.1 Å². The van der Waals surface area contributed by atoms with Gasteiger partial charge in [-0.3, -0.25) is 9.59 Å². The molecule has 2 amide bonds. The predicted octanol–water partition coefficient (Wildman–Crippen LogP) is 2.66. The van der Waals surface area contributed by atoms with Gasteiger partial charge in [0.1, 0.15) is 6.54 Å². The van der Waals surface area contributed by atoms with Gasteiger partial charge in [0, 0.05) is 18.5 Å². The molecule has 1 aliphatic heterocycles. The van der Waals surface area contributed by atoms with Gasteiger partial charge in [0.2, 0.25) is 11.8 Å². The number of likely N-dealkylation sites (N-methyl/N-ethyl adjacent to an activating group) is 1. The molecule has 0 fully saturated rings. The van der Waals surface area contributed by atoms with E-state index in [2.05, 4.69) is 6.07 Å². The van der Waals surface area contributed by atoms with Crippen LogP contribution in [0.25, 0.3) is 0 Å². The van der Waals surface area contributed by atoms with Gasteiger partial charge in [-0.25, -0.2) is 0 Å². The molecule has 1 heterocycles. The molecule has 1 aliphatic rings. The maximum Gasteiger partial charge on any atom is 0.242 e. The predicted molar refractivity (Wildman–Crippen MR) is 97.2 cm³/mol. The molecule has 0 saturated heterocycles. The Kier molecular flexibility index (Phi) is 5.05. The number of amides is 2. The highest BCUT2D eigenvalue weighted by Crippen LogP contribution is 2.34. The van der Waals surface area contributed by atoms with E-state index in [9.17, 15) is 9.59 Å². The number of para-hydroxylation sites is 1. The van der Waals surface area contributed by atoms with Crippen molar-refractivity contribution in [3.05, 3.63) is 59.7 Å². The minimum absolute atomic E-state index is 0.0309. The van der Waals surface area contributed by atoms with E-state index in [1.54, 1.807) is 29.0 Å². The number of fused-ring (bicyclic) bond motifs is 1. The Morgan fingerprint density at radius 3 is 2.68 bits per heavy atom. The fourth-order valence-electron chi connectivity index (χ4n) is 2.63. The van der Waals surface area contributed by atoms with E-state index in [1.165, 1.54) is 11.8 Å². The number of carbonyl (C=O) groups excluding carboxylic acids is 2. The van der Waals surface area contributed by atoms with Crippen molar-refractivity contribution in [1.82, 2.24) is 4.90 Å². The molecule has 25 heavy (non-hydrogen) atoms. The lowest BCUT2D eigenvalue weighted by atomic mass is 10.1. The summed E-state index contributed by atoms with van der Waals surface area (Å²) >= 11 is 1.50. The summed E-state index contributed by atoms with van der Waals surface area (Å²) in [6.45, 7) is 0.464. The van der Waals surface area contributed by atoms with Gasteiger partial charge in [0.25, 0.3) is 0 Å². The largest absolute Gasteiger partial charge is 0.340 e. The molecule has 126 valence electrons. The van der Waals surface area contributed by atoms with Crippen molar-refractivity contribution >= 4 is 29.3 Å². The average Bonchev–Trinajstić information content (AvgIpc) is 2.64. The summed E-state index contributed by atoms with van der Waals surface area (Å²) in [4.78, 5) is 29.0. The number of thioether (sulfide) groups is 1. The molecule has 0 unspecified atom stereocenters. The molecule has 0 bridgehead atoms. The summed E-state index contributed by atoms with van der Waals surface area (Å²) in [7, 11) is 1.72. The van der Waals surface area contributed by atoms with Crippen molar-refractivity contribution in [2.45, 2.75) is 11.4 Å². The number of hydrogen-bond acceptors (Lipinski definition) is 4. The Balaban J connectivity index is 1.69. The van der Waals surface area contributed by atoms with Crippen LogP contribution in [-0.2, 0) is 16.1 Å². The number of anilines is 1. The van der Waals surface area contributed by atoms with E-state index < -0.39 is 0 Å². The fourth-order valence-corrected chi connectivity index (χ4v) is 3.57. The van der Waals surface area contributed by atoms with Crippen molar-refractivity contribution < 1.29 is 9.59 Å². The molecule has 0 saturated carbocycles. The van der Waals surface area contributed by atoms with Crippen LogP contribution in [0.5, 0.6) is 0 Å². The van der Waals surface area contributed by atoms with Gasteiger partial charge in [0.15, 0.2) is 0 Å². The first-order chi connectivity index (χ1) is 12.1. The molecule has 5 nitrogen and oxygen atoms in total. The summed E-state index contributed by atoms with van der Waals surface area (Å²) in [5.74, 6) is 0.173. The standard InChI is InChI=1S/C19H17N3O2S/c1-21(11-15-8-6-14(10-20)7-9-15)18(23)12-22-16-4-2-3-5-17(16)25-13-19(22)24/h2-9H,11-13H2,1H3. The molecule has 0 aromatic heterocycles. The van der Waals surface area contributed by atoms with Crippen molar-refractivity contribution in [2.75, 3.05) is 24.2 Å². The highest BCUT2D eigenvalue weighted by atomic mass is 32.2. The van der Waals surface area contributed by atoms with E-state index in [-0.39, 0.29) is 18.4 Å². The summed E-state index contributed by atoms with van der Waals surface area (Å²) in [6.07, 6.45) is 0. The lowest BCUT2D eigenvalue weighted by Crippen LogP contribution is -2.43. The third-order valence-corrected chi connectivity index (χ3v) is 5.08. The van der Waals surface area contributed by atoms with Gasteiger partial charge in [-0.05, 0) is 29.8 Å². The summed E-state index contributed by atoms with van der Waals surface area (Å²) in [5, 5.41) is 8.83. The first kappa shape index (κ1) is 17.1. The average molecular weight is 351 g/mol. The molecule has 0 atom stereocenters. The molecule has 0 aliphatic carbocycles. The zero-order valence-electron chi connectivity index (χ0n) is 13.8. The maximum atomic E-state index is 12.6. The number of carbonyl (C=O) groups is 2. The molecule has 0 radical (unpaired) electrons. The van der Waals surface area contributed by atoms with Crippen molar-refractivity contribution in [3.8, 4) is 6.07 Å². The van der Waals surface area contributed by atoms with Crippen LogP contribution < -0.4 is 4.90 Å². The molecule has 2 aromatic carbocycles. The van der Waals surface area contributed by atoms with Crippen LogP contribution in [0, 0.1) is 11.3 Å². The number of hydrogen-bond donors (Lipinski definition) is 0. The summed E-state index contributed by atoms with van der Waals surface area (Å²) in [6, 6.07) is 16.8. The number of benzene rings is 2. The number of rotatable bonds is 4.